The van der Waals surface area contributed by atoms with Gasteiger partial charge in [0.05, 0.1) is 6.04 Å². The van der Waals surface area contributed by atoms with Crippen molar-refractivity contribution in [3.8, 4) is 0 Å². The summed E-state index contributed by atoms with van der Waals surface area (Å²) in [6.07, 6.45) is 0.986. The Morgan fingerprint density at radius 1 is 1.29 bits per heavy atom. The normalized spacial score (nSPS) is 33.3. The molecule has 1 saturated carbocycles. The standard InChI is InChI=1S/C11H20N2O/c1-10(2)9(11(10,3)4)13-8(14)7-5-6-12-7/h7,9,12H,5-6H2,1-4H3,(H,13,14). The summed E-state index contributed by atoms with van der Waals surface area (Å²) in [6.45, 7) is 9.84. The topological polar surface area (TPSA) is 41.1 Å². The van der Waals surface area contributed by atoms with Gasteiger partial charge in [-0.1, -0.05) is 27.7 Å². The molecule has 1 saturated heterocycles. The van der Waals surface area contributed by atoms with Crippen LogP contribution < -0.4 is 10.6 Å². The Kier molecular flexibility index (Phi) is 1.94. The Morgan fingerprint density at radius 2 is 1.79 bits per heavy atom. The molecule has 1 heterocycles. The van der Waals surface area contributed by atoms with E-state index >= 15 is 0 Å². The number of hydrogen-bond acceptors (Lipinski definition) is 2. The second kappa shape index (κ2) is 2.72. The lowest BCUT2D eigenvalue weighted by Gasteiger charge is -2.26. The van der Waals surface area contributed by atoms with Crippen LogP contribution >= 0.6 is 0 Å². The number of amides is 1. The highest BCUT2D eigenvalue weighted by atomic mass is 16.2. The molecule has 2 aliphatic rings. The summed E-state index contributed by atoms with van der Waals surface area (Å²) >= 11 is 0. The summed E-state index contributed by atoms with van der Waals surface area (Å²) in [4.78, 5) is 11.7. The summed E-state index contributed by atoms with van der Waals surface area (Å²) in [5, 5.41) is 6.26. The van der Waals surface area contributed by atoms with Gasteiger partial charge in [-0.15, -0.1) is 0 Å². The lowest BCUT2D eigenvalue weighted by Crippen LogP contribution is -2.54. The Labute approximate surface area is 85.6 Å². The first-order valence-corrected chi connectivity index (χ1v) is 5.41. The Hall–Kier alpha value is -0.570. The molecule has 1 unspecified atom stereocenters. The summed E-state index contributed by atoms with van der Waals surface area (Å²) in [5.74, 6) is 0.180. The van der Waals surface area contributed by atoms with Gasteiger partial charge in [-0.25, -0.2) is 0 Å². The summed E-state index contributed by atoms with van der Waals surface area (Å²) in [6, 6.07) is 0.409. The van der Waals surface area contributed by atoms with Crippen molar-refractivity contribution >= 4 is 5.91 Å². The maximum absolute atomic E-state index is 11.7. The summed E-state index contributed by atoms with van der Waals surface area (Å²) in [5.41, 5.74) is 0.485. The number of carbonyl (C=O) groups is 1. The van der Waals surface area contributed by atoms with Crippen LogP contribution in [0, 0.1) is 10.8 Å². The molecule has 3 nitrogen and oxygen atoms in total. The van der Waals surface area contributed by atoms with E-state index in [1.54, 1.807) is 0 Å². The second-order valence-corrected chi connectivity index (χ2v) is 5.68. The van der Waals surface area contributed by atoms with E-state index in [2.05, 4.69) is 38.3 Å². The van der Waals surface area contributed by atoms with Crippen molar-refractivity contribution in [3.05, 3.63) is 0 Å². The van der Waals surface area contributed by atoms with E-state index in [0.717, 1.165) is 13.0 Å². The Bertz CT molecular complexity index is 252. The molecule has 1 aliphatic heterocycles. The monoisotopic (exact) mass is 196 g/mol. The fraction of sp³-hybridized carbons (Fsp3) is 0.909. The zero-order chi connectivity index (χ0) is 10.6. The van der Waals surface area contributed by atoms with Crippen molar-refractivity contribution < 1.29 is 4.79 Å². The first-order valence-electron chi connectivity index (χ1n) is 5.41. The highest BCUT2D eigenvalue weighted by Gasteiger charge is 2.65. The molecule has 2 N–H and O–H groups in total. The average molecular weight is 196 g/mol. The van der Waals surface area contributed by atoms with Crippen LogP contribution in [0.25, 0.3) is 0 Å². The van der Waals surface area contributed by atoms with Gasteiger partial charge in [0.1, 0.15) is 0 Å². The van der Waals surface area contributed by atoms with E-state index in [0.29, 0.717) is 6.04 Å². The van der Waals surface area contributed by atoms with Gasteiger partial charge >= 0.3 is 0 Å². The number of nitrogens with one attached hydrogen (secondary N) is 2. The number of hydrogen-bond donors (Lipinski definition) is 2. The van der Waals surface area contributed by atoms with E-state index in [1.807, 2.05) is 0 Å². The highest BCUT2D eigenvalue weighted by molar-refractivity contribution is 5.83. The molecular formula is C11H20N2O. The zero-order valence-electron chi connectivity index (χ0n) is 9.48. The third kappa shape index (κ3) is 1.18. The second-order valence-electron chi connectivity index (χ2n) is 5.68. The SMILES string of the molecule is CC1(C)C(NC(=O)C2CCN2)C1(C)C. The van der Waals surface area contributed by atoms with Crippen molar-refractivity contribution in [3.63, 3.8) is 0 Å². The number of carbonyl (C=O) groups excluding carboxylic acids is 1. The van der Waals surface area contributed by atoms with Crippen LogP contribution in [0.2, 0.25) is 0 Å². The van der Waals surface area contributed by atoms with E-state index in [4.69, 9.17) is 0 Å². The van der Waals surface area contributed by atoms with Crippen LogP contribution in [0.5, 0.6) is 0 Å². The first-order chi connectivity index (χ1) is 6.37. The molecule has 0 bridgehead atoms. The van der Waals surface area contributed by atoms with E-state index in [1.165, 1.54) is 0 Å². The van der Waals surface area contributed by atoms with Gasteiger partial charge in [0.2, 0.25) is 5.91 Å². The van der Waals surface area contributed by atoms with E-state index in [9.17, 15) is 4.79 Å². The van der Waals surface area contributed by atoms with Crippen molar-refractivity contribution in [1.82, 2.24) is 10.6 Å². The van der Waals surface area contributed by atoms with Gasteiger partial charge in [0.25, 0.3) is 0 Å². The summed E-state index contributed by atoms with van der Waals surface area (Å²) < 4.78 is 0. The fourth-order valence-corrected chi connectivity index (χ4v) is 2.31. The Morgan fingerprint density at radius 3 is 2.07 bits per heavy atom. The fourth-order valence-electron chi connectivity index (χ4n) is 2.31. The molecule has 1 amide bonds. The van der Waals surface area contributed by atoms with Crippen LogP contribution in [0.4, 0.5) is 0 Å². The molecule has 2 rings (SSSR count). The molecule has 0 aromatic carbocycles. The van der Waals surface area contributed by atoms with Gasteiger partial charge in [0.15, 0.2) is 0 Å². The van der Waals surface area contributed by atoms with Crippen LogP contribution in [-0.4, -0.2) is 24.5 Å². The van der Waals surface area contributed by atoms with Crippen molar-refractivity contribution in [2.24, 2.45) is 10.8 Å². The highest BCUT2D eigenvalue weighted by Crippen LogP contribution is 2.62. The first kappa shape index (κ1) is 9.97. The Balaban J connectivity index is 1.91. The molecule has 3 heteroatoms. The molecule has 0 radical (unpaired) electrons. The minimum atomic E-state index is 0.0715. The number of rotatable bonds is 2. The van der Waals surface area contributed by atoms with Gasteiger partial charge < -0.3 is 10.6 Å². The minimum Gasteiger partial charge on any atom is -0.351 e. The minimum absolute atomic E-state index is 0.0715. The molecule has 0 aromatic rings. The van der Waals surface area contributed by atoms with E-state index < -0.39 is 0 Å². The summed E-state index contributed by atoms with van der Waals surface area (Å²) in [7, 11) is 0. The maximum atomic E-state index is 11.7. The molecular weight excluding hydrogens is 176 g/mol. The quantitative estimate of drug-likeness (QED) is 0.689. The van der Waals surface area contributed by atoms with Gasteiger partial charge in [-0.3, -0.25) is 4.79 Å². The van der Waals surface area contributed by atoms with Gasteiger partial charge in [-0.2, -0.15) is 0 Å². The zero-order valence-corrected chi connectivity index (χ0v) is 9.48. The molecule has 2 fully saturated rings. The molecule has 1 aliphatic carbocycles. The predicted octanol–water partition coefficient (Wildman–Crippen LogP) is 0.899. The third-order valence-corrected chi connectivity index (χ3v) is 4.45. The van der Waals surface area contributed by atoms with Crippen molar-refractivity contribution in [1.29, 1.82) is 0 Å². The smallest absolute Gasteiger partial charge is 0.237 e. The lowest BCUT2D eigenvalue weighted by atomic mass is 10.0. The lowest BCUT2D eigenvalue weighted by molar-refractivity contribution is -0.125. The molecule has 0 aromatic heterocycles. The van der Waals surface area contributed by atoms with Gasteiger partial charge in [-0.05, 0) is 23.8 Å². The van der Waals surface area contributed by atoms with Crippen molar-refractivity contribution in [2.75, 3.05) is 6.54 Å². The molecule has 14 heavy (non-hydrogen) atoms. The largest absolute Gasteiger partial charge is 0.351 e. The van der Waals surface area contributed by atoms with Crippen LogP contribution in [0.1, 0.15) is 34.1 Å². The molecule has 1 atom stereocenters. The predicted molar refractivity (Wildman–Crippen MR) is 55.9 cm³/mol. The van der Waals surface area contributed by atoms with Crippen molar-refractivity contribution in [2.45, 2.75) is 46.2 Å². The molecule has 0 spiro atoms. The average Bonchev–Trinajstić information content (AvgIpc) is 2.28. The van der Waals surface area contributed by atoms with E-state index in [-0.39, 0.29) is 22.8 Å². The third-order valence-electron chi connectivity index (χ3n) is 4.45. The maximum Gasteiger partial charge on any atom is 0.237 e. The van der Waals surface area contributed by atoms with Crippen LogP contribution in [0.3, 0.4) is 0 Å². The van der Waals surface area contributed by atoms with Crippen LogP contribution in [0.15, 0.2) is 0 Å². The van der Waals surface area contributed by atoms with Gasteiger partial charge in [0, 0.05) is 6.04 Å². The van der Waals surface area contributed by atoms with Crippen LogP contribution in [-0.2, 0) is 4.79 Å². The molecule has 80 valence electrons.